The quantitative estimate of drug-likeness (QED) is 0.734. The number of hydrogen-bond donors (Lipinski definition) is 1. The van der Waals surface area contributed by atoms with E-state index in [1.807, 2.05) is 0 Å². The van der Waals surface area contributed by atoms with Crippen molar-refractivity contribution in [2.24, 2.45) is 0 Å². The Morgan fingerprint density at radius 2 is 2.23 bits per heavy atom. The maximum Gasteiger partial charge on any atom is 0.226 e. The molecule has 0 saturated heterocycles. The molecule has 2 rings (SSSR count). The minimum atomic E-state index is -0.267. The van der Waals surface area contributed by atoms with Crippen LogP contribution in [0.3, 0.4) is 0 Å². The first kappa shape index (κ1) is 17.0. The van der Waals surface area contributed by atoms with Gasteiger partial charge in [0.1, 0.15) is 5.82 Å². The molecule has 0 atom stereocenters. The van der Waals surface area contributed by atoms with Crippen LogP contribution in [-0.2, 0) is 11.3 Å². The zero-order chi connectivity index (χ0) is 15.9. The molecule has 1 heterocycles. The molecule has 0 bridgehead atoms. The van der Waals surface area contributed by atoms with Crippen LogP contribution in [0.1, 0.15) is 18.9 Å². The van der Waals surface area contributed by atoms with E-state index in [4.69, 9.17) is 0 Å². The fourth-order valence-corrected chi connectivity index (χ4v) is 2.90. The summed E-state index contributed by atoms with van der Waals surface area (Å²) in [5.41, 5.74) is 0.551. The van der Waals surface area contributed by atoms with Crippen molar-refractivity contribution in [3.05, 3.63) is 46.3 Å². The van der Waals surface area contributed by atoms with Gasteiger partial charge in [0.15, 0.2) is 5.82 Å². The molecule has 2 aromatic rings. The lowest BCUT2D eigenvalue weighted by Crippen LogP contribution is -2.13. The Morgan fingerprint density at radius 1 is 1.45 bits per heavy atom. The molecule has 0 saturated carbocycles. The molecular weight excluding hydrogens is 369 g/mol. The van der Waals surface area contributed by atoms with Gasteiger partial charge in [0.05, 0.1) is 11.0 Å². The van der Waals surface area contributed by atoms with Crippen molar-refractivity contribution in [3.63, 3.8) is 0 Å². The van der Waals surface area contributed by atoms with Crippen LogP contribution in [0.4, 0.5) is 10.2 Å². The second kappa shape index (κ2) is 8.33. The van der Waals surface area contributed by atoms with Crippen LogP contribution >= 0.6 is 27.7 Å². The predicted molar refractivity (Wildman–Crippen MR) is 91.7 cm³/mol. The fraction of sp³-hybridized carbons (Fsp3) is 0.333. The Bertz CT molecular complexity index is 647. The SMILES string of the molecule is CCSCCC(=O)Nc1nn(Cc2ccccc2F)cc1Br. The van der Waals surface area contributed by atoms with Crippen molar-refractivity contribution in [2.75, 3.05) is 16.8 Å². The minimum absolute atomic E-state index is 0.0715. The average Bonchev–Trinajstić information content (AvgIpc) is 2.81. The summed E-state index contributed by atoms with van der Waals surface area (Å²) in [6, 6.07) is 6.57. The van der Waals surface area contributed by atoms with Gasteiger partial charge in [-0.1, -0.05) is 25.1 Å². The Morgan fingerprint density at radius 3 is 2.95 bits per heavy atom. The van der Waals surface area contributed by atoms with Crippen LogP contribution in [0.25, 0.3) is 0 Å². The molecule has 4 nitrogen and oxygen atoms in total. The van der Waals surface area contributed by atoms with Crippen LogP contribution in [0, 0.1) is 5.82 Å². The molecule has 1 amide bonds. The minimum Gasteiger partial charge on any atom is -0.308 e. The van der Waals surface area contributed by atoms with Gasteiger partial charge in [0.2, 0.25) is 5.91 Å². The van der Waals surface area contributed by atoms with Crippen LogP contribution in [0.15, 0.2) is 34.9 Å². The summed E-state index contributed by atoms with van der Waals surface area (Å²) in [4.78, 5) is 11.8. The number of nitrogens with zero attached hydrogens (tertiary/aromatic N) is 2. The lowest BCUT2D eigenvalue weighted by atomic mass is 10.2. The highest BCUT2D eigenvalue weighted by Gasteiger charge is 2.11. The van der Waals surface area contributed by atoms with E-state index in [0.29, 0.717) is 28.8 Å². The van der Waals surface area contributed by atoms with E-state index in [0.717, 1.165) is 11.5 Å². The van der Waals surface area contributed by atoms with E-state index in [1.165, 1.54) is 6.07 Å². The monoisotopic (exact) mass is 385 g/mol. The summed E-state index contributed by atoms with van der Waals surface area (Å²) >= 11 is 5.08. The number of hydrogen-bond acceptors (Lipinski definition) is 3. The van der Waals surface area contributed by atoms with Crippen molar-refractivity contribution >= 4 is 39.4 Å². The van der Waals surface area contributed by atoms with E-state index >= 15 is 0 Å². The fourth-order valence-electron chi connectivity index (χ4n) is 1.87. The first-order chi connectivity index (χ1) is 10.6. The van der Waals surface area contributed by atoms with Crippen molar-refractivity contribution in [3.8, 4) is 0 Å². The molecule has 0 unspecified atom stereocenters. The third-order valence-electron chi connectivity index (χ3n) is 2.94. The van der Waals surface area contributed by atoms with Gasteiger partial charge in [-0.2, -0.15) is 16.9 Å². The number of carbonyl (C=O) groups is 1. The highest BCUT2D eigenvalue weighted by Crippen LogP contribution is 2.21. The highest BCUT2D eigenvalue weighted by atomic mass is 79.9. The number of amides is 1. The zero-order valence-corrected chi connectivity index (χ0v) is 14.6. The molecule has 1 aromatic carbocycles. The third-order valence-corrected chi connectivity index (χ3v) is 4.42. The molecule has 1 aromatic heterocycles. The molecule has 0 radical (unpaired) electrons. The number of aromatic nitrogens is 2. The van der Waals surface area contributed by atoms with Gasteiger partial charge in [-0.15, -0.1) is 0 Å². The number of halogens is 2. The van der Waals surface area contributed by atoms with Crippen molar-refractivity contribution in [1.29, 1.82) is 0 Å². The zero-order valence-electron chi connectivity index (χ0n) is 12.2. The summed E-state index contributed by atoms with van der Waals surface area (Å²) in [6.07, 6.45) is 2.17. The highest BCUT2D eigenvalue weighted by molar-refractivity contribution is 9.10. The molecule has 0 fully saturated rings. The smallest absolute Gasteiger partial charge is 0.226 e. The van der Waals surface area contributed by atoms with Gasteiger partial charge >= 0.3 is 0 Å². The van der Waals surface area contributed by atoms with Crippen LogP contribution in [-0.4, -0.2) is 27.2 Å². The molecule has 0 aliphatic heterocycles. The molecule has 22 heavy (non-hydrogen) atoms. The van der Waals surface area contributed by atoms with E-state index < -0.39 is 0 Å². The summed E-state index contributed by atoms with van der Waals surface area (Å²) < 4.78 is 15.9. The predicted octanol–water partition coefficient (Wildman–Crippen LogP) is 3.91. The average molecular weight is 386 g/mol. The van der Waals surface area contributed by atoms with E-state index in [1.54, 1.807) is 40.8 Å². The largest absolute Gasteiger partial charge is 0.308 e. The maximum absolute atomic E-state index is 13.6. The van der Waals surface area contributed by atoms with Crippen LogP contribution < -0.4 is 5.32 Å². The van der Waals surface area contributed by atoms with Gasteiger partial charge in [-0.25, -0.2) is 4.39 Å². The number of anilines is 1. The lowest BCUT2D eigenvalue weighted by Gasteiger charge is -2.04. The second-order valence-electron chi connectivity index (χ2n) is 4.61. The van der Waals surface area contributed by atoms with E-state index in [9.17, 15) is 9.18 Å². The second-order valence-corrected chi connectivity index (χ2v) is 6.86. The maximum atomic E-state index is 13.6. The Labute approximate surface area is 141 Å². The van der Waals surface area contributed by atoms with Crippen molar-refractivity contribution in [2.45, 2.75) is 19.9 Å². The summed E-state index contributed by atoms with van der Waals surface area (Å²) in [6.45, 7) is 2.37. The molecule has 0 aliphatic rings. The molecule has 118 valence electrons. The van der Waals surface area contributed by atoms with Crippen molar-refractivity contribution < 1.29 is 9.18 Å². The normalized spacial score (nSPS) is 10.7. The summed E-state index contributed by atoms with van der Waals surface area (Å²) in [5, 5.41) is 7.04. The number of carbonyl (C=O) groups excluding carboxylic acids is 1. The summed E-state index contributed by atoms with van der Waals surface area (Å²) in [5.74, 6) is 1.90. The van der Waals surface area contributed by atoms with E-state index in [2.05, 4.69) is 33.3 Å². The third kappa shape index (κ3) is 4.84. The Hall–Kier alpha value is -1.34. The Kier molecular flexibility index (Phi) is 6.45. The number of rotatable bonds is 7. The van der Waals surface area contributed by atoms with Crippen LogP contribution in [0.2, 0.25) is 0 Å². The molecule has 0 aliphatic carbocycles. The number of thioether (sulfide) groups is 1. The molecule has 7 heteroatoms. The van der Waals surface area contributed by atoms with Gasteiger partial charge < -0.3 is 5.32 Å². The summed E-state index contributed by atoms with van der Waals surface area (Å²) in [7, 11) is 0. The van der Waals surface area contributed by atoms with E-state index in [-0.39, 0.29) is 11.7 Å². The number of nitrogens with one attached hydrogen (secondary N) is 1. The molecule has 1 N–H and O–H groups in total. The van der Waals surface area contributed by atoms with Crippen molar-refractivity contribution in [1.82, 2.24) is 9.78 Å². The number of benzene rings is 1. The van der Waals surface area contributed by atoms with Gasteiger partial charge in [0, 0.05) is 23.9 Å². The Balaban J connectivity index is 1.99. The first-order valence-corrected chi connectivity index (χ1v) is 8.89. The lowest BCUT2D eigenvalue weighted by molar-refractivity contribution is -0.115. The molecular formula is C15H17BrFN3OS. The molecule has 0 spiro atoms. The topological polar surface area (TPSA) is 46.9 Å². The standard InChI is InChI=1S/C15H17BrFN3OS/c1-2-22-8-7-14(21)18-15-12(16)10-20(19-15)9-11-5-3-4-6-13(11)17/h3-6,10H,2,7-9H2,1H3,(H,18,19,21). The first-order valence-electron chi connectivity index (χ1n) is 6.94. The van der Waals surface area contributed by atoms with Gasteiger partial charge in [-0.3, -0.25) is 9.48 Å². The van der Waals surface area contributed by atoms with Gasteiger partial charge in [0.25, 0.3) is 0 Å². The van der Waals surface area contributed by atoms with Gasteiger partial charge in [-0.05, 0) is 27.7 Å². The van der Waals surface area contributed by atoms with Crippen LogP contribution in [0.5, 0.6) is 0 Å².